The first-order valence-electron chi connectivity index (χ1n) is 10.3. The van der Waals surface area contributed by atoms with Gasteiger partial charge in [-0.15, -0.1) is 24.0 Å². The van der Waals surface area contributed by atoms with Gasteiger partial charge in [-0.25, -0.2) is 9.98 Å². The molecule has 0 atom stereocenters. The van der Waals surface area contributed by atoms with Crippen molar-refractivity contribution >= 4 is 29.9 Å². The van der Waals surface area contributed by atoms with E-state index in [1.807, 2.05) is 51.1 Å². The SMILES string of the molecule is CCNC(=NCc1nc(C)c(C)o1)NCCc1ccc(OCc2ccccc2)cc1.I. The van der Waals surface area contributed by atoms with E-state index in [-0.39, 0.29) is 24.0 Å². The van der Waals surface area contributed by atoms with Crippen molar-refractivity contribution in [2.24, 2.45) is 4.99 Å². The Balaban J connectivity index is 0.00000341. The number of oxazole rings is 1. The van der Waals surface area contributed by atoms with Crippen LogP contribution in [0.15, 0.2) is 64.0 Å². The first-order chi connectivity index (χ1) is 14.6. The lowest BCUT2D eigenvalue weighted by Crippen LogP contribution is -2.38. The number of aliphatic imine (C=N–C) groups is 1. The van der Waals surface area contributed by atoms with E-state index < -0.39 is 0 Å². The number of aromatic nitrogens is 1. The van der Waals surface area contributed by atoms with Crippen molar-refractivity contribution < 1.29 is 9.15 Å². The Morgan fingerprint density at radius 1 is 1.00 bits per heavy atom. The normalized spacial score (nSPS) is 11.0. The lowest BCUT2D eigenvalue weighted by Gasteiger charge is -2.11. The summed E-state index contributed by atoms with van der Waals surface area (Å²) < 4.78 is 11.4. The minimum Gasteiger partial charge on any atom is -0.489 e. The number of ether oxygens (including phenoxy) is 1. The van der Waals surface area contributed by atoms with Crippen molar-refractivity contribution in [3.05, 3.63) is 83.1 Å². The molecular formula is C24H31IN4O2. The molecule has 31 heavy (non-hydrogen) atoms. The molecule has 7 heteroatoms. The molecular weight excluding hydrogens is 503 g/mol. The molecule has 6 nitrogen and oxygen atoms in total. The summed E-state index contributed by atoms with van der Waals surface area (Å²) in [5, 5.41) is 6.61. The number of guanidine groups is 1. The molecule has 3 rings (SSSR count). The van der Waals surface area contributed by atoms with Gasteiger partial charge in [0.2, 0.25) is 5.89 Å². The molecule has 166 valence electrons. The molecule has 0 fully saturated rings. The van der Waals surface area contributed by atoms with Gasteiger partial charge in [-0.05, 0) is 50.5 Å². The van der Waals surface area contributed by atoms with Crippen molar-refractivity contribution in [2.45, 2.75) is 40.3 Å². The highest BCUT2D eigenvalue weighted by molar-refractivity contribution is 14.0. The second-order valence-corrected chi connectivity index (χ2v) is 7.04. The number of aryl methyl sites for hydroxylation is 2. The van der Waals surface area contributed by atoms with Crippen LogP contribution < -0.4 is 15.4 Å². The van der Waals surface area contributed by atoms with Gasteiger partial charge in [-0.3, -0.25) is 0 Å². The minimum atomic E-state index is 0. The first-order valence-corrected chi connectivity index (χ1v) is 10.3. The monoisotopic (exact) mass is 534 g/mol. The van der Waals surface area contributed by atoms with Crippen LogP contribution in [0.4, 0.5) is 0 Å². The third-order valence-corrected chi connectivity index (χ3v) is 4.67. The highest BCUT2D eigenvalue weighted by atomic mass is 127. The number of hydrogen-bond donors (Lipinski definition) is 2. The quantitative estimate of drug-likeness (QED) is 0.235. The van der Waals surface area contributed by atoms with Crippen molar-refractivity contribution in [1.29, 1.82) is 0 Å². The van der Waals surface area contributed by atoms with Crippen molar-refractivity contribution in [3.8, 4) is 5.75 Å². The lowest BCUT2D eigenvalue weighted by molar-refractivity contribution is 0.306. The van der Waals surface area contributed by atoms with Crippen LogP contribution in [0.5, 0.6) is 5.75 Å². The van der Waals surface area contributed by atoms with E-state index >= 15 is 0 Å². The zero-order valence-corrected chi connectivity index (χ0v) is 20.7. The van der Waals surface area contributed by atoms with E-state index in [9.17, 15) is 0 Å². The molecule has 2 N–H and O–H groups in total. The van der Waals surface area contributed by atoms with Gasteiger partial charge in [0.05, 0.1) is 5.69 Å². The Kier molecular flexibility index (Phi) is 10.4. The zero-order valence-electron chi connectivity index (χ0n) is 18.4. The Morgan fingerprint density at radius 2 is 1.74 bits per heavy atom. The van der Waals surface area contributed by atoms with Gasteiger partial charge >= 0.3 is 0 Å². The average molecular weight is 534 g/mol. The maximum atomic E-state index is 5.85. The maximum absolute atomic E-state index is 5.85. The summed E-state index contributed by atoms with van der Waals surface area (Å²) in [5.74, 6) is 3.11. The van der Waals surface area contributed by atoms with E-state index in [0.29, 0.717) is 19.0 Å². The smallest absolute Gasteiger partial charge is 0.216 e. The van der Waals surface area contributed by atoms with Crippen LogP contribution in [0.3, 0.4) is 0 Å². The van der Waals surface area contributed by atoms with Crippen LogP contribution in [-0.4, -0.2) is 24.0 Å². The number of halogens is 1. The predicted octanol–water partition coefficient (Wildman–Crippen LogP) is 4.79. The number of benzene rings is 2. The largest absolute Gasteiger partial charge is 0.489 e. The van der Waals surface area contributed by atoms with E-state index in [1.165, 1.54) is 5.56 Å². The molecule has 0 bridgehead atoms. The van der Waals surface area contributed by atoms with Crippen LogP contribution in [0.25, 0.3) is 0 Å². The van der Waals surface area contributed by atoms with Gasteiger partial charge in [-0.1, -0.05) is 42.5 Å². The zero-order chi connectivity index (χ0) is 21.2. The number of nitrogens with zero attached hydrogens (tertiary/aromatic N) is 2. The van der Waals surface area contributed by atoms with E-state index in [0.717, 1.165) is 48.2 Å². The van der Waals surface area contributed by atoms with Crippen LogP contribution in [0.1, 0.15) is 35.4 Å². The molecule has 0 saturated heterocycles. The van der Waals surface area contributed by atoms with Gasteiger partial charge in [0.15, 0.2) is 5.96 Å². The van der Waals surface area contributed by atoms with Crippen LogP contribution in [0.2, 0.25) is 0 Å². The summed E-state index contributed by atoms with van der Waals surface area (Å²) in [4.78, 5) is 8.93. The van der Waals surface area contributed by atoms with Gasteiger partial charge in [0.25, 0.3) is 0 Å². The molecule has 0 amide bonds. The molecule has 3 aromatic rings. The van der Waals surface area contributed by atoms with Gasteiger partial charge < -0.3 is 19.8 Å². The highest BCUT2D eigenvalue weighted by Gasteiger charge is 2.05. The molecule has 0 spiro atoms. The van der Waals surface area contributed by atoms with E-state index in [4.69, 9.17) is 9.15 Å². The summed E-state index contributed by atoms with van der Waals surface area (Å²) >= 11 is 0. The standard InChI is InChI=1S/C24H30N4O2.HI/c1-4-25-24(27-16-23-28-18(2)19(3)30-23)26-15-14-20-10-12-22(13-11-20)29-17-21-8-6-5-7-9-21;/h5-13H,4,14-17H2,1-3H3,(H2,25,26,27);1H. The molecule has 0 radical (unpaired) electrons. The Bertz CT molecular complexity index is 920. The van der Waals surface area contributed by atoms with E-state index in [1.54, 1.807) is 0 Å². The fraction of sp³-hybridized carbons (Fsp3) is 0.333. The van der Waals surface area contributed by atoms with Crippen molar-refractivity contribution in [3.63, 3.8) is 0 Å². The van der Waals surface area contributed by atoms with Crippen LogP contribution in [-0.2, 0) is 19.6 Å². The molecule has 0 aliphatic heterocycles. The first kappa shape index (κ1) is 24.7. The molecule has 0 aliphatic rings. The average Bonchev–Trinajstić information content (AvgIpc) is 3.09. The summed E-state index contributed by atoms with van der Waals surface area (Å²) in [6, 6.07) is 18.4. The number of rotatable bonds is 9. The Hall–Kier alpha value is -2.55. The second-order valence-electron chi connectivity index (χ2n) is 7.04. The molecule has 2 aromatic carbocycles. The number of hydrogen-bond acceptors (Lipinski definition) is 4. The maximum Gasteiger partial charge on any atom is 0.216 e. The van der Waals surface area contributed by atoms with Crippen molar-refractivity contribution in [2.75, 3.05) is 13.1 Å². The molecule has 0 saturated carbocycles. The molecule has 0 unspecified atom stereocenters. The summed E-state index contributed by atoms with van der Waals surface area (Å²) in [6.45, 7) is 8.46. The predicted molar refractivity (Wildman–Crippen MR) is 135 cm³/mol. The minimum absolute atomic E-state index is 0. The second kappa shape index (κ2) is 13.0. The fourth-order valence-electron chi connectivity index (χ4n) is 2.91. The fourth-order valence-corrected chi connectivity index (χ4v) is 2.91. The summed E-state index contributed by atoms with van der Waals surface area (Å²) in [6.07, 6.45) is 0.889. The van der Waals surface area contributed by atoms with Gasteiger partial charge in [0, 0.05) is 13.1 Å². The van der Waals surface area contributed by atoms with Crippen molar-refractivity contribution in [1.82, 2.24) is 15.6 Å². The molecule has 0 aliphatic carbocycles. The van der Waals surface area contributed by atoms with E-state index in [2.05, 4.69) is 44.9 Å². The third-order valence-electron chi connectivity index (χ3n) is 4.67. The molecule has 1 aromatic heterocycles. The van der Waals surface area contributed by atoms with Crippen LogP contribution in [0, 0.1) is 13.8 Å². The Morgan fingerprint density at radius 3 is 2.39 bits per heavy atom. The Labute approximate surface area is 201 Å². The topological polar surface area (TPSA) is 71.7 Å². The van der Waals surface area contributed by atoms with Crippen LogP contribution >= 0.6 is 24.0 Å². The molecule has 1 heterocycles. The number of nitrogens with one attached hydrogen (secondary N) is 2. The summed E-state index contributed by atoms with van der Waals surface area (Å²) in [5.41, 5.74) is 3.31. The highest BCUT2D eigenvalue weighted by Crippen LogP contribution is 2.14. The van der Waals surface area contributed by atoms with Gasteiger partial charge in [0.1, 0.15) is 24.7 Å². The third kappa shape index (κ3) is 8.24. The lowest BCUT2D eigenvalue weighted by atomic mass is 10.1. The van der Waals surface area contributed by atoms with Gasteiger partial charge in [-0.2, -0.15) is 0 Å². The summed E-state index contributed by atoms with van der Waals surface area (Å²) in [7, 11) is 0.